The fourth-order valence-electron chi connectivity index (χ4n) is 4.18. The van der Waals surface area contributed by atoms with E-state index in [0.29, 0.717) is 62.2 Å². The van der Waals surface area contributed by atoms with Crippen molar-refractivity contribution in [2.75, 3.05) is 38.3 Å². The minimum Gasteiger partial charge on any atom is -0.486 e. The molecule has 0 atom stereocenters. The van der Waals surface area contributed by atoms with Crippen molar-refractivity contribution in [2.24, 2.45) is 0 Å². The summed E-state index contributed by atoms with van der Waals surface area (Å²) in [5.74, 6) is 0.663. The van der Waals surface area contributed by atoms with Gasteiger partial charge >= 0.3 is 0 Å². The molecule has 2 aliphatic heterocycles. The molecule has 2 aliphatic rings. The number of unbranched alkanes of at least 4 members (excludes halogenated alkanes) is 1. The van der Waals surface area contributed by atoms with Crippen LogP contribution in [0.3, 0.4) is 0 Å². The Morgan fingerprint density at radius 3 is 2.47 bits per heavy atom. The molecule has 0 unspecified atom stereocenters. The minimum absolute atomic E-state index is 0.278. The fourth-order valence-corrected chi connectivity index (χ4v) is 4.18. The SMILES string of the molecule is CCCCOCCCN1C(=O)C(Nc2ccc3c(c2)OCCO3)=C(c2ccc(C)cc2C)C1=O. The second-order valence-electron chi connectivity index (χ2n) is 8.63. The van der Waals surface area contributed by atoms with Crippen molar-refractivity contribution in [1.29, 1.82) is 0 Å². The standard InChI is InChI=1S/C27H32N2O5/c1-4-5-12-32-13-6-11-29-26(30)24(21-9-7-18(2)16-19(21)3)25(27(29)31)28-20-8-10-22-23(17-20)34-15-14-33-22/h7-10,16-17,28H,4-6,11-15H2,1-3H3. The van der Waals surface area contributed by atoms with Crippen molar-refractivity contribution >= 4 is 23.1 Å². The normalized spacial score (nSPS) is 15.3. The Hall–Kier alpha value is -3.32. The summed E-state index contributed by atoms with van der Waals surface area (Å²) in [6.07, 6.45) is 2.67. The number of fused-ring (bicyclic) bond motifs is 1. The molecule has 0 saturated carbocycles. The maximum Gasteiger partial charge on any atom is 0.278 e. The van der Waals surface area contributed by atoms with Crippen molar-refractivity contribution < 1.29 is 23.8 Å². The lowest BCUT2D eigenvalue weighted by Gasteiger charge is -2.19. The van der Waals surface area contributed by atoms with Crippen LogP contribution in [-0.2, 0) is 14.3 Å². The number of benzene rings is 2. The van der Waals surface area contributed by atoms with E-state index in [9.17, 15) is 9.59 Å². The molecular weight excluding hydrogens is 432 g/mol. The van der Waals surface area contributed by atoms with E-state index in [0.717, 1.165) is 29.5 Å². The van der Waals surface area contributed by atoms with Crippen LogP contribution < -0.4 is 14.8 Å². The van der Waals surface area contributed by atoms with Crippen LogP contribution in [0.2, 0.25) is 0 Å². The summed E-state index contributed by atoms with van der Waals surface area (Å²) in [4.78, 5) is 28.2. The van der Waals surface area contributed by atoms with E-state index in [4.69, 9.17) is 14.2 Å². The zero-order valence-electron chi connectivity index (χ0n) is 20.1. The van der Waals surface area contributed by atoms with Gasteiger partial charge in [0.05, 0.1) is 5.57 Å². The van der Waals surface area contributed by atoms with Gasteiger partial charge in [-0.2, -0.15) is 0 Å². The third-order valence-corrected chi connectivity index (χ3v) is 5.94. The number of hydrogen-bond donors (Lipinski definition) is 1. The topological polar surface area (TPSA) is 77.1 Å². The molecule has 1 N–H and O–H groups in total. The number of aryl methyl sites for hydroxylation is 2. The molecule has 2 aromatic carbocycles. The molecule has 7 heteroatoms. The van der Waals surface area contributed by atoms with Gasteiger partial charge in [-0.05, 0) is 49.9 Å². The first-order chi connectivity index (χ1) is 16.5. The quantitative estimate of drug-likeness (QED) is 0.413. The van der Waals surface area contributed by atoms with Crippen LogP contribution >= 0.6 is 0 Å². The summed E-state index contributed by atoms with van der Waals surface area (Å²) < 4.78 is 16.9. The number of nitrogens with one attached hydrogen (secondary N) is 1. The molecule has 2 aromatic rings. The number of ether oxygens (including phenoxy) is 3. The van der Waals surface area contributed by atoms with E-state index >= 15 is 0 Å². The smallest absolute Gasteiger partial charge is 0.278 e. The van der Waals surface area contributed by atoms with Gasteiger partial charge < -0.3 is 19.5 Å². The Bertz CT molecular complexity index is 1110. The third kappa shape index (κ3) is 5.09. The second-order valence-corrected chi connectivity index (χ2v) is 8.63. The number of amides is 2. The van der Waals surface area contributed by atoms with Gasteiger partial charge in [0.15, 0.2) is 11.5 Å². The molecular formula is C27H32N2O5. The molecule has 0 fully saturated rings. The summed E-state index contributed by atoms with van der Waals surface area (Å²) in [7, 11) is 0. The maximum absolute atomic E-state index is 13.5. The van der Waals surface area contributed by atoms with E-state index in [1.807, 2.05) is 38.1 Å². The number of rotatable bonds is 10. The number of anilines is 1. The summed E-state index contributed by atoms with van der Waals surface area (Å²) >= 11 is 0. The molecule has 2 heterocycles. The van der Waals surface area contributed by atoms with Crippen molar-refractivity contribution in [2.45, 2.75) is 40.0 Å². The number of carbonyl (C=O) groups is 2. The maximum atomic E-state index is 13.5. The van der Waals surface area contributed by atoms with Crippen LogP contribution in [0.5, 0.6) is 11.5 Å². The van der Waals surface area contributed by atoms with Crippen molar-refractivity contribution in [3.8, 4) is 11.5 Å². The number of nitrogens with zero attached hydrogens (tertiary/aromatic N) is 1. The molecule has 0 aliphatic carbocycles. The molecule has 0 saturated heterocycles. The largest absolute Gasteiger partial charge is 0.486 e. The highest BCUT2D eigenvalue weighted by molar-refractivity contribution is 6.36. The first-order valence-corrected chi connectivity index (χ1v) is 11.9. The zero-order chi connectivity index (χ0) is 24.1. The summed E-state index contributed by atoms with van der Waals surface area (Å²) in [5.41, 5.74) is 4.13. The highest BCUT2D eigenvalue weighted by atomic mass is 16.6. The van der Waals surface area contributed by atoms with Crippen molar-refractivity contribution in [3.63, 3.8) is 0 Å². The van der Waals surface area contributed by atoms with Gasteiger partial charge in [-0.15, -0.1) is 0 Å². The number of imide groups is 1. The van der Waals surface area contributed by atoms with E-state index in [1.54, 1.807) is 12.1 Å². The highest BCUT2D eigenvalue weighted by Crippen LogP contribution is 2.36. The fraction of sp³-hybridized carbons (Fsp3) is 0.407. The Balaban J connectivity index is 1.60. The van der Waals surface area contributed by atoms with Gasteiger partial charge in [-0.1, -0.05) is 37.1 Å². The predicted octanol–water partition coefficient (Wildman–Crippen LogP) is 4.47. The van der Waals surface area contributed by atoms with Gasteiger partial charge in [0.2, 0.25) is 0 Å². The van der Waals surface area contributed by atoms with Crippen LogP contribution in [0.25, 0.3) is 5.57 Å². The zero-order valence-corrected chi connectivity index (χ0v) is 20.1. The minimum atomic E-state index is -0.330. The molecule has 0 bridgehead atoms. The van der Waals surface area contributed by atoms with Crippen LogP contribution in [0, 0.1) is 13.8 Å². The third-order valence-electron chi connectivity index (χ3n) is 5.94. The lowest BCUT2D eigenvalue weighted by atomic mass is 9.97. The van der Waals surface area contributed by atoms with Gasteiger partial charge in [0, 0.05) is 31.5 Å². The Morgan fingerprint density at radius 2 is 1.71 bits per heavy atom. The van der Waals surface area contributed by atoms with Gasteiger partial charge in [0.25, 0.3) is 11.8 Å². The summed E-state index contributed by atoms with van der Waals surface area (Å²) in [5, 5.41) is 3.21. The summed E-state index contributed by atoms with van der Waals surface area (Å²) in [6.45, 7) is 8.57. The number of hydrogen-bond acceptors (Lipinski definition) is 6. The first-order valence-electron chi connectivity index (χ1n) is 11.9. The van der Waals surface area contributed by atoms with E-state index in [-0.39, 0.29) is 17.5 Å². The van der Waals surface area contributed by atoms with Crippen LogP contribution in [-0.4, -0.2) is 49.7 Å². The summed E-state index contributed by atoms with van der Waals surface area (Å²) in [6, 6.07) is 11.3. The van der Waals surface area contributed by atoms with E-state index in [2.05, 4.69) is 12.2 Å². The van der Waals surface area contributed by atoms with Crippen molar-refractivity contribution in [1.82, 2.24) is 4.90 Å². The molecule has 34 heavy (non-hydrogen) atoms. The molecule has 2 amide bonds. The molecule has 7 nitrogen and oxygen atoms in total. The van der Waals surface area contributed by atoms with Crippen LogP contribution in [0.4, 0.5) is 5.69 Å². The lowest BCUT2D eigenvalue weighted by Crippen LogP contribution is -2.34. The van der Waals surface area contributed by atoms with Crippen LogP contribution in [0.15, 0.2) is 42.1 Å². The molecule has 0 spiro atoms. The first kappa shape index (κ1) is 23.8. The lowest BCUT2D eigenvalue weighted by molar-refractivity contribution is -0.137. The molecule has 0 radical (unpaired) electrons. The molecule has 0 aromatic heterocycles. The molecule has 4 rings (SSSR count). The Morgan fingerprint density at radius 1 is 0.941 bits per heavy atom. The van der Waals surface area contributed by atoms with Crippen LogP contribution in [0.1, 0.15) is 42.9 Å². The predicted molar refractivity (Wildman–Crippen MR) is 131 cm³/mol. The number of carbonyl (C=O) groups excluding carboxylic acids is 2. The average molecular weight is 465 g/mol. The molecule has 180 valence electrons. The second kappa shape index (κ2) is 10.7. The van der Waals surface area contributed by atoms with Gasteiger partial charge in [-0.25, -0.2) is 0 Å². The van der Waals surface area contributed by atoms with Gasteiger partial charge in [0.1, 0.15) is 18.9 Å². The average Bonchev–Trinajstić information content (AvgIpc) is 3.05. The van der Waals surface area contributed by atoms with E-state index in [1.165, 1.54) is 4.90 Å². The highest BCUT2D eigenvalue weighted by Gasteiger charge is 2.39. The van der Waals surface area contributed by atoms with Crippen molar-refractivity contribution in [3.05, 3.63) is 58.8 Å². The van der Waals surface area contributed by atoms with Gasteiger partial charge in [-0.3, -0.25) is 14.5 Å². The Labute approximate surface area is 200 Å². The Kier molecular flexibility index (Phi) is 7.53. The monoisotopic (exact) mass is 464 g/mol. The van der Waals surface area contributed by atoms with E-state index < -0.39 is 0 Å².